The summed E-state index contributed by atoms with van der Waals surface area (Å²) in [5.74, 6) is 0.683. The van der Waals surface area contributed by atoms with E-state index in [9.17, 15) is 0 Å². The van der Waals surface area contributed by atoms with Gasteiger partial charge in [0.25, 0.3) is 0 Å². The van der Waals surface area contributed by atoms with Gasteiger partial charge in [0.1, 0.15) is 0 Å². The quantitative estimate of drug-likeness (QED) is 0.773. The van der Waals surface area contributed by atoms with E-state index < -0.39 is 0 Å². The van der Waals surface area contributed by atoms with Gasteiger partial charge in [-0.15, -0.1) is 0 Å². The summed E-state index contributed by atoms with van der Waals surface area (Å²) in [6.07, 6.45) is 4.91. The molecule has 3 nitrogen and oxygen atoms in total. The molecule has 1 aliphatic heterocycles. The van der Waals surface area contributed by atoms with Gasteiger partial charge in [0.05, 0.1) is 6.10 Å². The third kappa shape index (κ3) is 4.17. The third-order valence-corrected chi connectivity index (χ3v) is 4.57. The number of rotatable bonds is 7. The van der Waals surface area contributed by atoms with Crippen LogP contribution in [-0.2, 0) is 4.74 Å². The lowest BCUT2D eigenvalue weighted by molar-refractivity contribution is -0.0821. The van der Waals surface area contributed by atoms with E-state index in [0.717, 1.165) is 32.5 Å². The van der Waals surface area contributed by atoms with Gasteiger partial charge in [-0.1, -0.05) is 27.7 Å². The molecule has 0 aromatic rings. The van der Waals surface area contributed by atoms with Crippen molar-refractivity contribution in [2.24, 2.45) is 11.7 Å². The average Bonchev–Trinajstić information content (AvgIpc) is 2.38. The van der Waals surface area contributed by atoms with E-state index >= 15 is 0 Å². The molecule has 3 heteroatoms. The van der Waals surface area contributed by atoms with Gasteiger partial charge < -0.3 is 10.5 Å². The Morgan fingerprint density at radius 2 is 1.95 bits per heavy atom. The SMILES string of the molecule is CCC(CC)N(CC(C)C)C1(CN)CCOC(C)C1. The molecule has 0 aromatic heterocycles. The van der Waals surface area contributed by atoms with Gasteiger partial charge in [-0.3, -0.25) is 4.90 Å². The Morgan fingerprint density at radius 1 is 1.32 bits per heavy atom. The molecule has 0 aliphatic carbocycles. The lowest BCUT2D eigenvalue weighted by Crippen LogP contribution is -2.62. The summed E-state index contributed by atoms with van der Waals surface area (Å²) < 4.78 is 5.75. The predicted molar refractivity (Wildman–Crippen MR) is 82.3 cm³/mol. The van der Waals surface area contributed by atoms with E-state index in [1.165, 1.54) is 12.8 Å². The Balaban J connectivity index is 2.96. The first-order valence-corrected chi connectivity index (χ1v) is 8.07. The van der Waals surface area contributed by atoms with Crippen molar-refractivity contribution >= 4 is 0 Å². The van der Waals surface area contributed by atoms with Gasteiger partial charge in [-0.05, 0) is 38.5 Å². The summed E-state index contributed by atoms with van der Waals surface area (Å²) in [5, 5.41) is 0. The molecule has 19 heavy (non-hydrogen) atoms. The monoisotopic (exact) mass is 270 g/mol. The Morgan fingerprint density at radius 3 is 2.37 bits per heavy atom. The van der Waals surface area contributed by atoms with Crippen molar-refractivity contribution in [1.82, 2.24) is 4.90 Å². The molecule has 0 aromatic carbocycles. The molecule has 1 heterocycles. The molecule has 0 spiro atoms. The normalized spacial score (nSPS) is 28.6. The Kier molecular flexibility index (Phi) is 6.78. The Hall–Kier alpha value is -0.120. The van der Waals surface area contributed by atoms with E-state index in [-0.39, 0.29) is 5.54 Å². The van der Waals surface area contributed by atoms with Gasteiger partial charge in [0.15, 0.2) is 0 Å². The maximum absolute atomic E-state index is 6.23. The third-order valence-electron chi connectivity index (χ3n) is 4.57. The standard InChI is InChI=1S/C16H34N2O/c1-6-15(7-2)18(11-13(3)4)16(12-17)8-9-19-14(5)10-16/h13-15H,6-12,17H2,1-5H3. The highest BCUT2D eigenvalue weighted by molar-refractivity contribution is 4.98. The van der Waals surface area contributed by atoms with E-state index in [0.29, 0.717) is 18.1 Å². The summed E-state index contributed by atoms with van der Waals surface area (Å²) in [6, 6.07) is 0.649. The highest BCUT2D eigenvalue weighted by atomic mass is 16.5. The smallest absolute Gasteiger partial charge is 0.0565 e. The van der Waals surface area contributed by atoms with E-state index in [1.54, 1.807) is 0 Å². The van der Waals surface area contributed by atoms with Gasteiger partial charge in [-0.2, -0.15) is 0 Å². The summed E-state index contributed by atoms with van der Waals surface area (Å²) >= 11 is 0. The highest BCUT2D eigenvalue weighted by Gasteiger charge is 2.41. The van der Waals surface area contributed by atoms with Crippen LogP contribution < -0.4 is 5.73 Å². The highest BCUT2D eigenvalue weighted by Crippen LogP contribution is 2.34. The number of nitrogens with two attached hydrogens (primary N) is 1. The van der Waals surface area contributed by atoms with Gasteiger partial charge in [0.2, 0.25) is 0 Å². The largest absolute Gasteiger partial charge is 0.378 e. The summed E-state index contributed by atoms with van der Waals surface area (Å²) in [5.41, 5.74) is 6.38. The molecule has 1 rings (SSSR count). The van der Waals surface area contributed by atoms with Crippen LogP contribution in [0.25, 0.3) is 0 Å². The Labute approximate surface area is 119 Å². The topological polar surface area (TPSA) is 38.5 Å². The summed E-state index contributed by atoms with van der Waals surface area (Å²) in [6.45, 7) is 14.2. The second-order valence-corrected chi connectivity index (χ2v) is 6.58. The second-order valence-electron chi connectivity index (χ2n) is 6.58. The number of hydrogen-bond donors (Lipinski definition) is 1. The first-order valence-electron chi connectivity index (χ1n) is 8.07. The van der Waals surface area contributed by atoms with Crippen molar-refractivity contribution < 1.29 is 4.74 Å². The minimum Gasteiger partial charge on any atom is -0.378 e. The fraction of sp³-hybridized carbons (Fsp3) is 1.00. The van der Waals surface area contributed by atoms with Crippen molar-refractivity contribution in [2.45, 2.75) is 78.0 Å². The van der Waals surface area contributed by atoms with E-state index in [1.807, 2.05) is 0 Å². The first-order chi connectivity index (χ1) is 8.99. The molecule has 114 valence electrons. The lowest BCUT2D eigenvalue weighted by Gasteiger charge is -2.51. The molecule has 0 amide bonds. The zero-order chi connectivity index (χ0) is 14.5. The van der Waals surface area contributed by atoms with Crippen molar-refractivity contribution in [3.8, 4) is 0 Å². The minimum atomic E-state index is 0.151. The molecule has 2 unspecified atom stereocenters. The van der Waals surface area contributed by atoms with Crippen molar-refractivity contribution in [1.29, 1.82) is 0 Å². The second kappa shape index (κ2) is 7.61. The molecule has 0 bridgehead atoms. The van der Waals surface area contributed by atoms with Crippen LogP contribution in [0.3, 0.4) is 0 Å². The zero-order valence-corrected chi connectivity index (χ0v) is 13.6. The maximum atomic E-state index is 6.23. The molecule has 1 fully saturated rings. The van der Waals surface area contributed by atoms with Gasteiger partial charge in [-0.25, -0.2) is 0 Å². The van der Waals surface area contributed by atoms with Crippen LogP contribution in [-0.4, -0.2) is 42.3 Å². The molecular weight excluding hydrogens is 236 g/mol. The van der Waals surface area contributed by atoms with Crippen molar-refractivity contribution in [3.63, 3.8) is 0 Å². The van der Waals surface area contributed by atoms with Crippen LogP contribution in [0.15, 0.2) is 0 Å². The number of nitrogens with zero attached hydrogens (tertiary/aromatic N) is 1. The van der Waals surface area contributed by atoms with Crippen LogP contribution in [0.1, 0.15) is 60.3 Å². The van der Waals surface area contributed by atoms with Crippen LogP contribution >= 0.6 is 0 Å². The van der Waals surface area contributed by atoms with E-state index in [4.69, 9.17) is 10.5 Å². The first kappa shape index (κ1) is 16.9. The summed E-state index contributed by atoms with van der Waals surface area (Å²) in [7, 11) is 0. The Bertz CT molecular complexity index is 253. The number of ether oxygens (including phenoxy) is 1. The molecule has 0 saturated carbocycles. The zero-order valence-electron chi connectivity index (χ0n) is 13.6. The van der Waals surface area contributed by atoms with Crippen LogP contribution in [0.5, 0.6) is 0 Å². The maximum Gasteiger partial charge on any atom is 0.0565 e. The average molecular weight is 270 g/mol. The molecule has 1 aliphatic rings. The molecule has 0 radical (unpaired) electrons. The van der Waals surface area contributed by atoms with Crippen LogP contribution in [0, 0.1) is 5.92 Å². The van der Waals surface area contributed by atoms with Crippen molar-refractivity contribution in [2.75, 3.05) is 19.7 Å². The number of hydrogen-bond acceptors (Lipinski definition) is 3. The van der Waals surface area contributed by atoms with Crippen LogP contribution in [0.2, 0.25) is 0 Å². The fourth-order valence-electron chi connectivity index (χ4n) is 3.56. The summed E-state index contributed by atoms with van der Waals surface area (Å²) in [4.78, 5) is 2.72. The fourth-order valence-corrected chi connectivity index (χ4v) is 3.56. The minimum absolute atomic E-state index is 0.151. The molecule has 2 N–H and O–H groups in total. The molecular formula is C16H34N2O. The molecule has 1 saturated heterocycles. The van der Waals surface area contributed by atoms with E-state index in [2.05, 4.69) is 39.5 Å². The van der Waals surface area contributed by atoms with Crippen LogP contribution in [0.4, 0.5) is 0 Å². The molecule has 2 atom stereocenters. The van der Waals surface area contributed by atoms with Gasteiger partial charge >= 0.3 is 0 Å². The lowest BCUT2D eigenvalue weighted by atomic mass is 9.82. The van der Waals surface area contributed by atoms with Gasteiger partial charge in [0, 0.05) is 31.3 Å². The predicted octanol–water partition coefficient (Wildman–Crippen LogP) is 3.03. The van der Waals surface area contributed by atoms with Crippen molar-refractivity contribution in [3.05, 3.63) is 0 Å².